The van der Waals surface area contributed by atoms with Gasteiger partial charge in [0.15, 0.2) is 6.61 Å². The van der Waals surface area contributed by atoms with E-state index in [1.54, 1.807) is 24.0 Å². The molecule has 6 nitrogen and oxygen atoms in total. The summed E-state index contributed by atoms with van der Waals surface area (Å²) in [6, 6.07) is 15.0. The number of rotatable bonds is 6. The molecule has 0 bridgehead atoms. The SMILES string of the molecule is COc1ccc(C(C)N(C)C(=O)CCN2C(=O)COc3ccccc32)cc1. The van der Waals surface area contributed by atoms with Gasteiger partial charge in [0.25, 0.3) is 5.91 Å². The topological polar surface area (TPSA) is 59.1 Å². The Balaban J connectivity index is 1.64. The number of methoxy groups -OCH3 is 1. The Morgan fingerprint density at radius 3 is 2.63 bits per heavy atom. The van der Waals surface area contributed by atoms with Gasteiger partial charge in [-0.3, -0.25) is 9.59 Å². The van der Waals surface area contributed by atoms with Gasteiger partial charge in [-0.05, 0) is 36.8 Å². The van der Waals surface area contributed by atoms with E-state index in [4.69, 9.17) is 9.47 Å². The molecule has 3 rings (SSSR count). The van der Waals surface area contributed by atoms with Crippen LogP contribution in [-0.2, 0) is 9.59 Å². The molecule has 2 aromatic rings. The molecule has 6 heteroatoms. The van der Waals surface area contributed by atoms with Crippen LogP contribution in [-0.4, -0.2) is 44.0 Å². The van der Waals surface area contributed by atoms with Gasteiger partial charge in [0.1, 0.15) is 11.5 Å². The van der Waals surface area contributed by atoms with Crippen LogP contribution in [0.4, 0.5) is 5.69 Å². The number of fused-ring (bicyclic) bond motifs is 1. The molecule has 1 unspecified atom stereocenters. The molecule has 0 N–H and O–H groups in total. The van der Waals surface area contributed by atoms with Crippen LogP contribution in [0.25, 0.3) is 0 Å². The fourth-order valence-electron chi connectivity index (χ4n) is 3.10. The molecule has 0 saturated heterocycles. The lowest BCUT2D eigenvalue weighted by Crippen LogP contribution is -2.41. The fourth-order valence-corrected chi connectivity index (χ4v) is 3.10. The van der Waals surface area contributed by atoms with Crippen LogP contribution in [0.2, 0.25) is 0 Å². The molecular formula is C21H24N2O4. The van der Waals surface area contributed by atoms with E-state index in [9.17, 15) is 9.59 Å². The average Bonchev–Trinajstić information content (AvgIpc) is 2.71. The second-order valence-corrected chi connectivity index (χ2v) is 6.51. The van der Waals surface area contributed by atoms with Crippen molar-refractivity contribution in [1.82, 2.24) is 4.90 Å². The number of carbonyl (C=O) groups excluding carboxylic acids is 2. The van der Waals surface area contributed by atoms with Crippen molar-refractivity contribution in [2.75, 3.05) is 32.2 Å². The summed E-state index contributed by atoms with van der Waals surface area (Å²) in [7, 11) is 3.41. The first kappa shape index (κ1) is 18.8. The third-order valence-corrected chi connectivity index (χ3v) is 4.93. The summed E-state index contributed by atoms with van der Waals surface area (Å²) in [5.41, 5.74) is 1.74. The zero-order valence-corrected chi connectivity index (χ0v) is 15.8. The number of hydrogen-bond acceptors (Lipinski definition) is 4. The monoisotopic (exact) mass is 368 g/mol. The van der Waals surface area contributed by atoms with Crippen LogP contribution < -0.4 is 14.4 Å². The second kappa shape index (κ2) is 8.12. The minimum absolute atomic E-state index is 0.00327. The maximum absolute atomic E-state index is 12.7. The summed E-state index contributed by atoms with van der Waals surface area (Å²) in [6.45, 7) is 2.32. The molecule has 1 heterocycles. The van der Waals surface area contributed by atoms with Crippen molar-refractivity contribution < 1.29 is 19.1 Å². The maximum Gasteiger partial charge on any atom is 0.265 e. The summed E-state index contributed by atoms with van der Waals surface area (Å²) in [4.78, 5) is 28.2. The molecule has 0 aromatic heterocycles. The highest BCUT2D eigenvalue weighted by Gasteiger charge is 2.26. The van der Waals surface area contributed by atoms with Crippen LogP contribution in [0.15, 0.2) is 48.5 Å². The van der Waals surface area contributed by atoms with Crippen molar-refractivity contribution >= 4 is 17.5 Å². The van der Waals surface area contributed by atoms with E-state index in [0.717, 1.165) is 11.3 Å². The zero-order chi connectivity index (χ0) is 19.4. The Bertz CT molecular complexity index is 819. The molecule has 0 spiro atoms. The Kier molecular flexibility index (Phi) is 5.64. The molecular weight excluding hydrogens is 344 g/mol. The van der Waals surface area contributed by atoms with E-state index in [-0.39, 0.29) is 30.9 Å². The predicted molar refractivity (Wildman–Crippen MR) is 103 cm³/mol. The number of hydrogen-bond donors (Lipinski definition) is 0. The highest BCUT2D eigenvalue weighted by molar-refractivity contribution is 5.98. The first-order chi connectivity index (χ1) is 13.0. The van der Waals surface area contributed by atoms with Gasteiger partial charge in [0, 0.05) is 20.0 Å². The molecule has 0 fully saturated rings. The van der Waals surface area contributed by atoms with Crippen LogP contribution in [0.3, 0.4) is 0 Å². The Hall–Kier alpha value is -3.02. The van der Waals surface area contributed by atoms with Crippen molar-refractivity contribution in [3.05, 3.63) is 54.1 Å². The van der Waals surface area contributed by atoms with Gasteiger partial charge in [-0.2, -0.15) is 0 Å². The molecule has 2 aromatic carbocycles. The lowest BCUT2D eigenvalue weighted by atomic mass is 10.1. The molecule has 2 amide bonds. The average molecular weight is 368 g/mol. The maximum atomic E-state index is 12.7. The minimum Gasteiger partial charge on any atom is -0.497 e. The van der Waals surface area contributed by atoms with Gasteiger partial charge in [-0.1, -0.05) is 24.3 Å². The van der Waals surface area contributed by atoms with Gasteiger partial charge in [-0.15, -0.1) is 0 Å². The summed E-state index contributed by atoms with van der Waals surface area (Å²) < 4.78 is 10.6. The standard InChI is InChI=1S/C21H24N2O4/c1-15(16-8-10-17(26-3)11-9-16)22(2)20(24)12-13-23-18-6-4-5-7-19(18)27-14-21(23)25/h4-11,15H,12-14H2,1-3H3. The summed E-state index contributed by atoms with van der Waals surface area (Å²) in [6.07, 6.45) is 0.247. The van der Waals surface area contributed by atoms with Crippen LogP contribution in [0, 0.1) is 0 Å². The highest BCUT2D eigenvalue weighted by Crippen LogP contribution is 2.31. The summed E-state index contributed by atoms with van der Waals surface area (Å²) >= 11 is 0. The normalized spacial score (nSPS) is 14.2. The van der Waals surface area contributed by atoms with Crippen molar-refractivity contribution in [3.8, 4) is 11.5 Å². The van der Waals surface area contributed by atoms with Crippen LogP contribution in [0.1, 0.15) is 24.9 Å². The third-order valence-electron chi connectivity index (χ3n) is 4.93. The van der Waals surface area contributed by atoms with E-state index < -0.39 is 0 Å². The molecule has 0 saturated carbocycles. The fraction of sp³-hybridized carbons (Fsp3) is 0.333. The molecule has 0 radical (unpaired) electrons. The quantitative estimate of drug-likeness (QED) is 0.786. The van der Waals surface area contributed by atoms with Crippen molar-refractivity contribution in [3.63, 3.8) is 0 Å². The molecule has 142 valence electrons. The lowest BCUT2D eigenvalue weighted by molar-refractivity contribution is -0.131. The minimum atomic E-state index is -0.132. The van der Waals surface area contributed by atoms with E-state index in [1.807, 2.05) is 55.5 Å². The summed E-state index contributed by atoms with van der Waals surface area (Å²) in [5, 5.41) is 0. The molecule has 1 aliphatic heterocycles. The van der Waals surface area contributed by atoms with Gasteiger partial charge in [-0.25, -0.2) is 0 Å². The smallest absolute Gasteiger partial charge is 0.265 e. The van der Waals surface area contributed by atoms with E-state index in [0.29, 0.717) is 18.0 Å². The number of nitrogens with zero attached hydrogens (tertiary/aromatic N) is 2. The van der Waals surface area contributed by atoms with Gasteiger partial charge in [0.2, 0.25) is 5.91 Å². The van der Waals surface area contributed by atoms with Crippen molar-refractivity contribution in [2.45, 2.75) is 19.4 Å². The Morgan fingerprint density at radius 2 is 1.93 bits per heavy atom. The number of ether oxygens (including phenoxy) is 2. The second-order valence-electron chi connectivity index (χ2n) is 6.51. The van der Waals surface area contributed by atoms with Gasteiger partial charge in [0.05, 0.1) is 18.8 Å². The largest absolute Gasteiger partial charge is 0.497 e. The number of carbonyl (C=O) groups is 2. The number of para-hydroxylation sites is 2. The van der Waals surface area contributed by atoms with Crippen LogP contribution in [0.5, 0.6) is 11.5 Å². The van der Waals surface area contributed by atoms with Crippen LogP contribution >= 0.6 is 0 Å². The number of anilines is 1. The van der Waals surface area contributed by atoms with Gasteiger partial charge >= 0.3 is 0 Å². The number of amides is 2. The van der Waals surface area contributed by atoms with E-state index in [1.165, 1.54) is 0 Å². The molecule has 1 aliphatic rings. The molecule has 1 atom stereocenters. The van der Waals surface area contributed by atoms with E-state index >= 15 is 0 Å². The molecule has 27 heavy (non-hydrogen) atoms. The predicted octanol–water partition coefficient (Wildman–Crippen LogP) is 3.03. The van der Waals surface area contributed by atoms with Crippen molar-refractivity contribution in [2.24, 2.45) is 0 Å². The Labute approximate surface area is 159 Å². The van der Waals surface area contributed by atoms with Gasteiger partial charge < -0.3 is 19.3 Å². The first-order valence-corrected chi connectivity index (χ1v) is 8.93. The van der Waals surface area contributed by atoms with Crippen molar-refractivity contribution in [1.29, 1.82) is 0 Å². The zero-order valence-electron chi connectivity index (χ0n) is 15.8. The summed E-state index contributed by atoms with van der Waals surface area (Å²) in [5.74, 6) is 1.30. The number of benzene rings is 2. The lowest BCUT2D eigenvalue weighted by Gasteiger charge is -2.30. The molecule has 0 aliphatic carbocycles. The Morgan fingerprint density at radius 1 is 1.22 bits per heavy atom. The highest BCUT2D eigenvalue weighted by atomic mass is 16.5. The van der Waals surface area contributed by atoms with E-state index in [2.05, 4.69) is 0 Å². The first-order valence-electron chi connectivity index (χ1n) is 8.93. The third kappa shape index (κ3) is 4.05.